The van der Waals surface area contributed by atoms with Crippen LogP contribution in [0.25, 0.3) is 0 Å². The third-order valence-electron chi connectivity index (χ3n) is 1.42. The molecule has 2 nitrogen and oxygen atoms in total. The second kappa shape index (κ2) is 5.61. The standard InChI is InChI=1S/C5H10N2S.ClH.Na/c1-6-3-4-7(2)5(6)8;;/h3-4H2,1-2H3;1H;/q;;+1/p-1. The summed E-state index contributed by atoms with van der Waals surface area (Å²) in [6.07, 6.45) is 0. The maximum atomic E-state index is 5.02. The molecule has 1 heterocycles. The van der Waals surface area contributed by atoms with Crippen LogP contribution in [0.4, 0.5) is 0 Å². The van der Waals surface area contributed by atoms with Gasteiger partial charge in [-0.3, -0.25) is 0 Å². The fourth-order valence-corrected chi connectivity index (χ4v) is 0.965. The number of halogens is 1. The second-order valence-corrected chi connectivity index (χ2v) is 2.49. The van der Waals surface area contributed by atoms with E-state index in [0.29, 0.717) is 0 Å². The first-order chi connectivity index (χ1) is 3.72. The molecule has 0 aromatic rings. The fraction of sp³-hybridized carbons (Fsp3) is 0.800. The van der Waals surface area contributed by atoms with Gasteiger partial charge < -0.3 is 22.2 Å². The van der Waals surface area contributed by atoms with E-state index in [2.05, 4.69) is 9.80 Å². The molecule has 0 bridgehead atoms. The molecule has 0 atom stereocenters. The minimum atomic E-state index is 0. The minimum Gasteiger partial charge on any atom is -1.00 e. The van der Waals surface area contributed by atoms with Crippen molar-refractivity contribution in [2.75, 3.05) is 27.2 Å². The topological polar surface area (TPSA) is 6.48 Å². The molecule has 1 saturated heterocycles. The Bertz CT molecular complexity index is 110. The average Bonchev–Trinajstić information content (AvgIpc) is 1.98. The molecule has 1 rings (SSSR count). The maximum absolute atomic E-state index is 5.02. The zero-order valence-electron chi connectivity index (χ0n) is 6.59. The smallest absolute Gasteiger partial charge is 1.00 e. The molecule has 0 spiro atoms. The summed E-state index contributed by atoms with van der Waals surface area (Å²) in [4.78, 5) is 4.16. The molecule has 1 aliphatic heterocycles. The molecule has 1 fully saturated rings. The van der Waals surface area contributed by atoms with Crippen LogP contribution in [0, 0.1) is 0 Å². The van der Waals surface area contributed by atoms with E-state index in [4.69, 9.17) is 12.2 Å². The SMILES string of the molecule is CN1CCN(C)C1=S.[Cl-].[Na+]. The van der Waals surface area contributed by atoms with Crippen LogP contribution in [0.2, 0.25) is 0 Å². The summed E-state index contributed by atoms with van der Waals surface area (Å²) in [5.74, 6) is 0. The number of rotatable bonds is 0. The molecule has 54 valence electrons. The maximum Gasteiger partial charge on any atom is 1.00 e. The van der Waals surface area contributed by atoms with Crippen molar-refractivity contribution in [1.82, 2.24) is 9.80 Å². The molecule has 0 aliphatic carbocycles. The van der Waals surface area contributed by atoms with Crippen molar-refractivity contribution in [3.05, 3.63) is 0 Å². The fourth-order valence-electron chi connectivity index (χ4n) is 0.783. The van der Waals surface area contributed by atoms with Gasteiger partial charge in [0.15, 0.2) is 5.11 Å². The Balaban J connectivity index is 0. The van der Waals surface area contributed by atoms with Crippen LogP contribution >= 0.6 is 12.2 Å². The van der Waals surface area contributed by atoms with Gasteiger partial charge >= 0.3 is 29.6 Å². The summed E-state index contributed by atoms with van der Waals surface area (Å²) < 4.78 is 0. The Morgan fingerprint density at radius 2 is 1.50 bits per heavy atom. The molecule has 0 radical (unpaired) electrons. The van der Waals surface area contributed by atoms with Crippen LogP contribution in [-0.4, -0.2) is 42.1 Å². The van der Waals surface area contributed by atoms with E-state index in [1.165, 1.54) is 0 Å². The number of thiocarbonyl (C=S) groups is 1. The zero-order chi connectivity index (χ0) is 6.15. The minimum absolute atomic E-state index is 0. The van der Waals surface area contributed by atoms with Gasteiger partial charge in [-0.05, 0) is 12.2 Å². The summed E-state index contributed by atoms with van der Waals surface area (Å²) >= 11 is 5.02. The van der Waals surface area contributed by atoms with Crippen LogP contribution in [0.15, 0.2) is 0 Å². The van der Waals surface area contributed by atoms with E-state index < -0.39 is 0 Å². The van der Waals surface area contributed by atoms with E-state index in [1.807, 2.05) is 14.1 Å². The number of nitrogens with zero attached hydrogens (tertiary/aromatic N) is 2. The van der Waals surface area contributed by atoms with Crippen LogP contribution in [0.3, 0.4) is 0 Å². The Hall–Kier alpha value is 0.980. The summed E-state index contributed by atoms with van der Waals surface area (Å²) in [7, 11) is 4.04. The van der Waals surface area contributed by atoms with Gasteiger partial charge in [-0.25, -0.2) is 0 Å². The Morgan fingerprint density at radius 3 is 1.60 bits per heavy atom. The monoisotopic (exact) mass is 188 g/mol. The van der Waals surface area contributed by atoms with Gasteiger partial charge in [0.2, 0.25) is 0 Å². The van der Waals surface area contributed by atoms with E-state index in [0.717, 1.165) is 18.2 Å². The van der Waals surface area contributed by atoms with E-state index in [9.17, 15) is 0 Å². The predicted molar refractivity (Wildman–Crippen MR) is 37.9 cm³/mol. The van der Waals surface area contributed by atoms with Crippen molar-refractivity contribution in [3.8, 4) is 0 Å². The molecule has 1 aliphatic rings. The van der Waals surface area contributed by atoms with Crippen molar-refractivity contribution in [2.45, 2.75) is 0 Å². The van der Waals surface area contributed by atoms with Crippen molar-refractivity contribution in [2.24, 2.45) is 0 Å². The predicted octanol–water partition coefficient (Wildman–Crippen LogP) is -5.84. The second-order valence-electron chi connectivity index (χ2n) is 2.13. The summed E-state index contributed by atoms with van der Waals surface area (Å²) in [5.41, 5.74) is 0. The summed E-state index contributed by atoms with van der Waals surface area (Å²) in [6, 6.07) is 0. The first-order valence-electron chi connectivity index (χ1n) is 2.68. The normalized spacial score (nSPS) is 16.4. The van der Waals surface area contributed by atoms with Crippen LogP contribution in [0.1, 0.15) is 0 Å². The summed E-state index contributed by atoms with van der Waals surface area (Å²) in [6.45, 7) is 2.16. The summed E-state index contributed by atoms with van der Waals surface area (Å²) in [5, 5.41) is 0.963. The van der Waals surface area contributed by atoms with Gasteiger partial charge in [-0.2, -0.15) is 0 Å². The molecule has 0 aromatic heterocycles. The van der Waals surface area contributed by atoms with Gasteiger partial charge in [0, 0.05) is 27.2 Å². The van der Waals surface area contributed by atoms with E-state index in [-0.39, 0.29) is 42.0 Å². The molecule has 0 saturated carbocycles. The largest absolute Gasteiger partial charge is 1.00 e. The number of hydrogen-bond donors (Lipinski definition) is 0. The quantitative estimate of drug-likeness (QED) is 0.276. The first-order valence-corrected chi connectivity index (χ1v) is 3.09. The molecule has 10 heavy (non-hydrogen) atoms. The number of likely N-dealkylation sites (N-methyl/N-ethyl adjacent to an activating group) is 2. The van der Waals surface area contributed by atoms with Crippen molar-refractivity contribution in [1.29, 1.82) is 0 Å². The third kappa shape index (κ3) is 2.93. The van der Waals surface area contributed by atoms with Crippen molar-refractivity contribution >= 4 is 17.3 Å². The van der Waals surface area contributed by atoms with Gasteiger partial charge in [0.1, 0.15) is 0 Å². The molecular formula is C5H10ClN2NaS. The van der Waals surface area contributed by atoms with E-state index >= 15 is 0 Å². The zero-order valence-corrected chi connectivity index (χ0v) is 10.2. The van der Waals surface area contributed by atoms with Gasteiger partial charge in [0.25, 0.3) is 0 Å². The molecule has 0 N–H and O–H groups in total. The Labute approximate surface area is 95.6 Å². The third-order valence-corrected chi connectivity index (χ3v) is 2.05. The van der Waals surface area contributed by atoms with Gasteiger partial charge in [-0.15, -0.1) is 0 Å². The van der Waals surface area contributed by atoms with E-state index in [1.54, 1.807) is 0 Å². The van der Waals surface area contributed by atoms with Crippen molar-refractivity contribution < 1.29 is 42.0 Å². The van der Waals surface area contributed by atoms with Gasteiger partial charge in [-0.1, -0.05) is 0 Å². The molecular weight excluding hydrogens is 179 g/mol. The molecule has 0 aromatic carbocycles. The molecule has 0 unspecified atom stereocenters. The van der Waals surface area contributed by atoms with Crippen molar-refractivity contribution in [3.63, 3.8) is 0 Å². The Kier molecular flexibility index (Phi) is 7.60. The average molecular weight is 189 g/mol. The van der Waals surface area contributed by atoms with Crippen LogP contribution < -0.4 is 42.0 Å². The molecule has 0 amide bonds. The Morgan fingerprint density at radius 1 is 1.20 bits per heavy atom. The number of hydrogen-bond acceptors (Lipinski definition) is 1. The van der Waals surface area contributed by atoms with Crippen LogP contribution in [0.5, 0.6) is 0 Å². The molecule has 5 heteroatoms. The van der Waals surface area contributed by atoms with Gasteiger partial charge in [0.05, 0.1) is 0 Å². The first kappa shape index (κ1) is 13.6. The van der Waals surface area contributed by atoms with Crippen LogP contribution in [-0.2, 0) is 0 Å².